The number of nitrogens with zero attached hydrogens (tertiary/aromatic N) is 1. The van der Waals surface area contributed by atoms with Gasteiger partial charge in [-0.15, -0.1) is 0 Å². The van der Waals surface area contributed by atoms with Gasteiger partial charge in [-0.25, -0.2) is 8.42 Å². The number of hydrogen-bond donors (Lipinski definition) is 0. The van der Waals surface area contributed by atoms with E-state index in [1.165, 1.54) is 10.6 Å². The zero-order valence-corrected chi connectivity index (χ0v) is 16.9. The fraction of sp³-hybridized carbons (Fsp3) is 0.412. The van der Waals surface area contributed by atoms with Gasteiger partial charge >= 0.3 is 8.80 Å². The Morgan fingerprint density at radius 3 is 2.12 bits per heavy atom. The summed E-state index contributed by atoms with van der Waals surface area (Å²) in [4.78, 5) is 0. The quantitative estimate of drug-likeness (QED) is 0.623. The minimum atomic E-state index is -3.40. The summed E-state index contributed by atoms with van der Waals surface area (Å²) in [5.74, 6) is 0. The van der Waals surface area contributed by atoms with Crippen molar-refractivity contribution in [2.24, 2.45) is 0 Å². The summed E-state index contributed by atoms with van der Waals surface area (Å²) < 4.78 is 42.1. The number of benzene rings is 2. The lowest BCUT2D eigenvalue weighted by Crippen LogP contribution is -2.43. The largest absolute Gasteiger partial charge is 0.500 e. The summed E-state index contributed by atoms with van der Waals surface area (Å²) in [6.45, 7) is 0.335. The highest BCUT2D eigenvalue weighted by Gasteiger charge is 2.37. The van der Waals surface area contributed by atoms with Gasteiger partial charge in [-0.2, -0.15) is 0 Å². The molecule has 2 aromatic carbocycles. The van der Waals surface area contributed by atoms with Crippen molar-refractivity contribution in [2.75, 3.05) is 38.4 Å². The molecule has 0 fully saturated rings. The van der Waals surface area contributed by atoms with Crippen molar-refractivity contribution in [3.05, 3.63) is 42.5 Å². The molecule has 6 nitrogen and oxygen atoms in total. The first-order chi connectivity index (χ1) is 11.8. The molecule has 8 heteroatoms. The average Bonchev–Trinajstić information content (AvgIpc) is 2.61. The molecule has 0 saturated heterocycles. The summed E-state index contributed by atoms with van der Waals surface area (Å²) in [7, 11) is -1.45. The number of hydrogen-bond acceptors (Lipinski definition) is 5. The Labute approximate surface area is 150 Å². The summed E-state index contributed by atoms with van der Waals surface area (Å²) in [5.41, 5.74) is 0.653. The van der Waals surface area contributed by atoms with Crippen molar-refractivity contribution in [1.29, 1.82) is 0 Å². The maximum Gasteiger partial charge on any atom is 0.500 e. The average molecular weight is 384 g/mol. The van der Waals surface area contributed by atoms with Crippen LogP contribution in [-0.4, -0.2) is 51.4 Å². The van der Waals surface area contributed by atoms with Crippen molar-refractivity contribution in [3.8, 4) is 0 Å². The molecule has 2 rings (SSSR count). The number of rotatable bonds is 9. The third-order valence-corrected chi connectivity index (χ3v) is 8.22. The van der Waals surface area contributed by atoms with E-state index in [1.54, 1.807) is 21.3 Å². The van der Waals surface area contributed by atoms with E-state index in [0.717, 1.165) is 10.8 Å². The van der Waals surface area contributed by atoms with Gasteiger partial charge in [0.05, 0.1) is 11.9 Å². The van der Waals surface area contributed by atoms with Gasteiger partial charge in [-0.1, -0.05) is 30.3 Å². The van der Waals surface area contributed by atoms with Crippen LogP contribution in [0.5, 0.6) is 0 Å². The van der Waals surface area contributed by atoms with Crippen LogP contribution in [0.1, 0.15) is 6.42 Å². The third-order valence-electron chi connectivity index (χ3n) is 4.20. The van der Waals surface area contributed by atoms with Crippen LogP contribution >= 0.6 is 0 Å². The molecule has 25 heavy (non-hydrogen) atoms. The predicted octanol–water partition coefficient (Wildman–Crippen LogP) is 2.87. The minimum absolute atomic E-state index is 0.335. The van der Waals surface area contributed by atoms with E-state index in [0.29, 0.717) is 24.7 Å². The molecule has 0 amide bonds. The highest BCUT2D eigenvalue weighted by molar-refractivity contribution is 7.92. The van der Waals surface area contributed by atoms with Gasteiger partial charge in [0.25, 0.3) is 0 Å². The normalized spacial score (nSPS) is 12.5. The number of fused-ring (bicyclic) bond motifs is 1. The SMILES string of the molecule is CO[Si](CCCN(c1ccc2ccccc2c1)S(C)(=O)=O)(OC)OC. The molecule has 0 aromatic heterocycles. The molecule has 0 atom stereocenters. The topological polar surface area (TPSA) is 65.1 Å². The van der Waals surface area contributed by atoms with Gasteiger partial charge in [0, 0.05) is 33.9 Å². The van der Waals surface area contributed by atoms with Gasteiger partial charge in [0.15, 0.2) is 0 Å². The van der Waals surface area contributed by atoms with Crippen LogP contribution in [0.2, 0.25) is 6.04 Å². The fourth-order valence-electron chi connectivity index (χ4n) is 2.81. The Balaban J connectivity index is 2.22. The monoisotopic (exact) mass is 383 g/mol. The Morgan fingerprint density at radius 1 is 0.960 bits per heavy atom. The van der Waals surface area contributed by atoms with E-state index < -0.39 is 18.8 Å². The van der Waals surface area contributed by atoms with Crippen LogP contribution in [0.25, 0.3) is 10.8 Å². The van der Waals surface area contributed by atoms with E-state index in [1.807, 2.05) is 42.5 Å². The molecule has 0 N–H and O–H groups in total. The predicted molar refractivity (Wildman–Crippen MR) is 102 cm³/mol. The van der Waals surface area contributed by atoms with Crippen molar-refractivity contribution in [1.82, 2.24) is 0 Å². The van der Waals surface area contributed by atoms with Crippen LogP contribution in [0, 0.1) is 0 Å². The van der Waals surface area contributed by atoms with Gasteiger partial charge < -0.3 is 13.3 Å². The first kappa shape index (κ1) is 19.9. The molecule has 0 heterocycles. The van der Waals surface area contributed by atoms with Crippen molar-refractivity contribution < 1.29 is 21.7 Å². The molecule has 2 aromatic rings. The molecule has 0 saturated carbocycles. The smallest absolute Gasteiger partial charge is 0.377 e. The molecule has 0 spiro atoms. The zero-order chi connectivity index (χ0) is 18.5. The van der Waals surface area contributed by atoms with E-state index in [2.05, 4.69) is 0 Å². The Morgan fingerprint density at radius 2 is 1.56 bits per heavy atom. The molecule has 0 bridgehead atoms. The maximum atomic E-state index is 12.3. The standard InChI is InChI=1S/C17H25NO5SSi/c1-21-25(22-2,23-3)13-7-12-18(24(4,19)20)17-11-10-15-8-5-6-9-16(15)14-17/h5-6,8-11,14H,7,12-13H2,1-4H3. The van der Waals surface area contributed by atoms with Gasteiger partial charge in [0.1, 0.15) is 0 Å². The Hall–Kier alpha value is -1.45. The van der Waals surface area contributed by atoms with Gasteiger partial charge in [0.2, 0.25) is 10.0 Å². The van der Waals surface area contributed by atoms with Crippen LogP contribution in [0.4, 0.5) is 5.69 Å². The highest BCUT2D eigenvalue weighted by Crippen LogP contribution is 2.25. The number of sulfonamides is 1. The van der Waals surface area contributed by atoms with Gasteiger partial charge in [-0.05, 0) is 29.3 Å². The lowest BCUT2D eigenvalue weighted by Gasteiger charge is -2.27. The first-order valence-electron chi connectivity index (χ1n) is 7.97. The molecule has 138 valence electrons. The highest BCUT2D eigenvalue weighted by atomic mass is 32.2. The maximum absolute atomic E-state index is 12.3. The summed E-state index contributed by atoms with van der Waals surface area (Å²) >= 11 is 0. The van der Waals surface area contributed by atoms with Crippen molar-refractivity contribution in [2.45, 2.75) is 12.5 Å². The summed E-state index contributed by atoms with van der Waals surface area (Å²) in [6.07, 6.45) is 1.79. The van der Waals surface area contributed by atoms with Crippen molar-refractivity contribution >= 4 is 35.3 Å². The zero-order valence-electron chi connectivity index (χ0n) is 15.1. The van der Waals surface area contributed by atoms with E-state index >= 15 is 0 Å². The summed E-state index contributed by atoms with van der Waals surface area (Å²) in [6, 6.07) is 14.1. The van der Waals surface area contributed by atoms with Crippen molar-refractivity contribution in [3.63, 3.8) is 0 Å². The molecular formula is C17H25NO5SSi. The second kappa shape index (κ2) is 8.28. The van der Waals surface area contributed by atoms with Crippen LogP contribution in [-0.2, 0) is 23.3 Å². The Bertz CT molecular complexity index is 799. The van der Waals surface area contributed by atoms with Gasteiger partial charge in [-0.3, -0.25) is 4.31 Å². The molecule has 0 aliphatic carbocycles. The Kier molecular flexibility index (Phi) is 6.58. The molecule has 0 unspecified atom stereocenters. The first-order valence-corrected chi connectivity index (χ1v) is 11.8. The van der Waals surface area contributed by atoms with Crippen LogP contribution < -0.4 is 4.31 Å². The third kappa shape index (κ3) is 4.80. The van der Waals surface area contributed by atoms with Crippen LogP contribution in [0.3, 0.4) is 0 Å². The lowest BCUT2D eigenvalue weighted by molar-refractivity contribution is 0.123. The molecule has 0 radical (unpaired) electrons. The molecule has 0 aliphatic heterocycles. The molecular weight excluding hydrogens is 358 g/mol. The van der Waals surface area contributed by atoms with E-state index in [-0.39, 0.29) is 0 Å². The molecule has 0 aliphatic rings. The van der Waals surface area contributed by atoms with E-state index in [9.17, 15) is 8.42 Å². The minimum Gasteiger partial charge on any atom is -0.377 e. The number of anilines is 1. The lowest BCUT2D eigenvalue weighted by atomic mass is 10.1. The van der Waals surface area contributed by atoms with E-state index in [4.69, 9.17) is 13.3 Å². The fourth-order valence-corrected chi connectivity index (χ4v) is 5.47. The van der Waals surface area contributed by atoms with Crippen LogP contribution in [0.15, 0.2) is 42.5 Å². The summed E-state index contributed by atoms with van der Waals surface area (Å²) in [5, 5.41) is 2.08. The second-order valence-corrected chi connectivity index (χ2v) is 10.8. The second-order valence-electron chi connectivity index (χ2n) is 5.77.